The van der Waals surface area contributed by atoms with Crippen molar-refractivity contribution in [3.05, 3.63) is 53.2 Å². The minimum absolute atomic E-state index is 0.0553. The highest BCUT2D eigenvalue weighted by Crippen LogP contribution is 2.33. The summed E-state index contributed by atoms with van der Waals surface area (Å²) in [6.45, 7) is 5.04. The summed E-state index contributed by atoms with van der Waals surface area (Å²) in [5.41, 5.74) is 0.654. The Labute approximate surface area is 152 Å². The second kappa shape index (κ2) is 6.85. The average Bonchev–Trinajstić information content (AvgIpc) is 3.15. The third-order valence-corrected chi connectivity index (χ3v) is 6.35. The predicted octanol–water partition coefficient (Wildman–Crippen LogP) is 2.33. The van der Waals surface area contributed by atoms with Crippen LogP contribution in [0.25, 0.3) is 0 Å². The second-order valence-electron chi connectivity index (χ2n) is 6.62. The first-order valence-corrected chi connectivity index (χ1v) is 9.72. The number of nitrogens with zero attached hydrogens (tertiary/aromatic N) is 1. The number of amides is 1. The van der Waals surface area contributed by atoms with E-state index in [0.29, 0.717) is 17.1 Å². The lowest BCUT2D eigenvalue weighted by Gasteiger charge is -2.17. The number of carbonyl (C=O) groups excluding carboxylic acids is 1. The molecule has 0 unspecified atom stereocenters. The van der Waals surface area contributed by atoms with Crippen molar-refractivity contribution < 1.29 is 22.0 Å². The fraction of sp³-hybridized carbons (Fsp3) is 0.389. The van der Waals surface area contributed by atoms with Gasteiger partial charge >= 0.3 is 0 Å². The van der Waals surface area contributed by atoms with Crippen LogP contribution in [0.2, 0.25) is 0 Å². The maximum absolute atomic E-state index is 14.2. The lowest BCUT2D eigenvalue weighted by molar-refractivity contribution is -0.119. The Hall–Kier alpha value is -2.19. The number of nitrogens with one attached hydrogen (secondary N) is 1. The first-order chi connectivity index (χ1) is 12.2. The van der Waals surface area contributed by atoms with Gasteiger partial charge in [0.15, 0.2) is 0 Å². The molecular weight excluding hydrogens is 359 g/mol. The molecule has 2 heterocycles. The SMILES string of the molecule is CC(=O)N[C@@H]1CN(S(=O)(=O)c2cc(C)ccc2F)C[C@H]1c1ccc(C)o1. The van der Waals surface area contributed by atoms with E-state index in [1.807, 2.05) is 0 Å². The van der Waals surface area contributed by atoms with Crippen molar-refractivity contribution in [2.75, 3.05) is 13.1 Å². The van der Waals surface area contributed by atoms with Crippen LogP contribution in [0.3, 0.4) is 0 Å². The molecule has 2 atom stereocenters. The molecule has 26 heavy (non-hydrogen) atoms. The first kappa shape index (κ1) is 18.6. The molecule has 0 aliphatic carbocycles. The van der Waals surface area contributed by atoms with E-state index in [4.69, 9.17) is 4.42 Å². The summed E-state index contributed by atoms with van der Waals surface area (Å²) in [6, 6.07) is 7.11. The van der Waals surface area contributed by atoms with Gasteiger partial charge in [-0.05, 0) is 43.7 Å². The smallest absolute Gasteiger partial charge is 0.246 e. The van der Waals surface area contributed by atoms with Gasteiger partial charge < -0.3 is 9.73 Å². The van der Waals surface area contributed by atoms with E-state index in [2.05, 4.69) is 5.32 Å². The molecule has 1 aromatic heterocycles. The molecule has 1 aromatic carbocycles. The first-order valence-electron chi connectivity index (χ1n) is 8.28. The van der Waals surface area contributed by atoms with Crippen molar-refractivity contribution in [2.45, 2.75) is 37.6 Å². The Kier molecular flexibility index (Phi) is 4.90. The summed E-state index contributed by atoms with van der Waals surface area (Å²) < 4.78 is 46.9. The van der Waals surface area contributed by atoms with E-state index < -0.39 is 21.9 Å². The van der Waals surface area contributed by atoms with Crippen molar-refractivity contribution in [1.29, 1.82) is 0 Å². The number of rotatable bonds is 4. The lowest BCUT2D eigenvalue weighted by Crippen LogP contribution is -2.39. The van der Waals surface area contributed by atoms with E-state index in [-0.39, 0.29) is 29.8 Å². The third kappa shape index (κ3) is 3.52. The summed E-state index contributed by atoms with van der Waals surface area (Å²) in [7, 11) is -4.03. The summed E-state index contributed by atoms with van der Waals surface area (Å²) in [6.07, 6.45) is 0. The Bertz CT molecular complexity index is 938. The fourth-order valence-electron chi connectivity index (χ4n) is 3.26. The molecule has 8 heteroatoms. The van der Waals surface area contributed by atoms with Gasteiger partial charge in [-0.25, -0.2) is 12.8 Å². The van der Waals surface area contributed by atoms with E-state index in [0.717, 1.165) is 6.07 Å². The Morgan fingerprint density at radius 3 is 2.58 bits per heavy atom. The van der Waals surface area contributed by atoms with Gasteiger partial charge in [-0.15, -0.1) is 0 Å². The van der Waals surface area contributed by atoms with Crippen LogP contribution >= 0.6 is 0 Å². The van der Waals surface area contributed by atoms with Crippen LogP contribution in [0, 0.1) is 19.7 Å². The number of carbonyl (C=O) groups is 1. The highest BCUT2D eigenvalue weighted by Gasteiger charge is 2.42. The molecule has 1 aliphatic heterocycles. The van der Waals surface area contributed by atoms with Gasteiger partial charge in [0.05, 0.1) is 12.0 Å². The minimum atomic E-state index is -4.03. The van der Waals surface area contributed by atoms with Gasteiger partial charge in [0.1, 0.15) is 22.2 Å². The Morgan fingerprint density at radius 2 is 1.96 bits per heavy atom. The zero-order valence-electron chi connectivity index (χ0n) is 14.8. The molecule has 1 fully saturated rings. The number of halogens is 1. The molecule has 0 spiro atoms. The molecule has 1 amide bonds. The molecule has 1 saturated heterocycles. The number of hydrogen-bond donors (Lipinski definition) is 1. The molecule has 1 aliphatic rings. The van der Waals surface area contributed by atoms with Crippen LogP contribution in [-0.2, 0) is 14.8 Å². The summed E-state index contributed by atoms with van der Waals surface area (Å²) in [5, 5.41) is 2.78. The van der Waals surface area contributed by atoms with Crippen LogP contribution in [0.4, 0.5) is 4.39 Å². The van der Waals surface area contributed by atoms with Gasteiger partial charge in [0.2, 0.25) is 15.9 Å². The largest absolute Gasteiger partial charge is 0.466 e. The summed E-state index contributed by atoms with van der Waals surface area (Å²) in [5.74, 6) is -0.0836. The van der Waals surface area contributed by atoms with Gasteiger partial charge in [-0.1, -0.05) is 6.07 Å². The average molecular weight is 380 g/mol. The van der Waals surface area contributed by atoms with Crippen molar-refractivity contribution in [1.82, 2.24) is 9.62 Å². The van der Waals surface area contributed by atoms with Crippen molar-refractivity contribution >= 4 is 15.9 Å². The van der Waals surface area contributed by atoms with Gasteiger partial charge in [-0.2, -0.15) is 4.31 Å². The number of furan rings is 1. The van der Waals surface area contributed by atoms with Crippen molar-refractivity contribution in [3.8, 4) is 0 Å². The van der Waals surface area contributed by atoms with Crippen molar-refractivity contribution in [2.24, 2.45) is 0 Å². The zero-order valence-corrected chi connectivity index (χ0v) is 15.6. The lowest BCUT2D eigenvalue weighted by atomic mass is 10.0. The Morgan fingerprint density at radius 1 is 1.23 bits per heavy atom. The maximum Gasteiger partial charge on any atom is 0.246 e. The normalized spacial score (nSPS) is 21.1. The summed E-state index contributed by atoms with van der Waals surface area (Å²) >= 11 is 0. The number of hydrogen-bond acceptors (Lipinski definition) is 4. The fourth-order valence-corrected chi connectivity index (χ4v) is 4.90. The minimum Gasteiger partial charge on any atom is -0.466 e. The number of sulfonamides is 1. The molecule has 3 rings (SSSR count). The molecular formula is C18H21FN2O4S. The molecule has 140 valence electrons. The highest BCUT2D eigenvalue weighted by atomic mass is 32.2. The summed E-state index contributed by atoms with van der Waals surface area (Å²) in [4.78, 5) is 11.2. The van der Waals surface area contributed by atoms with Crippen LogP contribution in [0.15, 0.2) is 39.6 Å². The quantitative estimate of drug-likeness (QED) is 0.883. The van der Waals surface area contributed by atoms with Crippen LogP contribution in [0.5, 0.6) is 0 Å². The number of aryl methyl sites for hydroxylation is 2. The predicted molar refractivity (Wildman–Crippen MR) is 93.7 cm³/mol. The molecule has 0 radical (unpaired) electrons. The topological polar surface area (TPSA) is 79.6 Å². The van der Waals surface area contributed by atoms with Crippen LogP contribution in [-0.4, -0.2) is 37.8 Å². The monoisotopic (exact) mass is 380 g/mol. The van der Waals surface area contributed by atoms with Crippen molar-refractivity contribution in [3.63, 3.8) is 0 Å². The van der Waals surface area contributed by atoms with E-state index in [1.54, 1.807) is 26.0 Å². The third-order valence-electron chi connectivity index (χ3n) is 4.51. The second-order valence-corrected chi connectivity index (χ2v) is 8.52. The maximum atomic E-state index is 14.2. The molecule has 0 bridgehead atoms. The molecule has 6 nitrogen and oxygen atoms in total. The standard InChI is InChI=1S/C18H21FN2O4S/c1-11-4-6-15(19)18(8-11)26(23,24)21-9-14(16(10-21)20-13(3)22)17-7-5-12(2)25-17/h4-8,14,16H,9-10H2,1-3H3,(H,20,22)/t14-,16-/m1/s1. The van der Waals surface area contributed by atoms with Gasteiger partial charge in [-0.3, -0.25) is 4.79 Å². The van der Waals surface area contributed by atoms with E-state index in [1.165, 1.54) is 23.4 Å². The molecule has 0 saturated carbocycles. The van der Waals surface area contributed by atoms with Gasteiger partial charge in [0.25, 0.3) is 0 Å². The molecule has 1 N–H and O–H groups in total. The zero-order chi connectivity index (χ0) is 19.1. The van der Waals surface area contributed by atoms with Crippen LogP contribution in [0.1, 0.15) is 29.9 Å². The van der Waals surface area contributed by atoms with Gasteiger partial charge in [0, 0.05) is 20.0 Å². The van der Waals surface area contributed by atoms with Crippen LogP contribution < -0.4 is 5.32 Å². The van der Waals surface area contributed by atoms with E-state index in [9.17, 15) is 17.6 Å². The van der Waals surface area contributed by atoms with E-state index >= 15 is 0 Å². The Balaban J connectivity index is 1.95. The number of benzene rings is 1. The molecule has 2 aromatic rings. The highest BCUT2D eigenvalue weighted by molar-refractivity contribution is 7.89.